The smallest absolute Gasteiger partial charge is 0.317 e. The highest BCUT2D eigenvalue weighted by Crippen LogP contribution is 2.30. The van der Waals surface area contributed by atoms with Crippen LogP contribution in [0.2, 0.25) is 0 Å². The van der Waals surface area contributed by atoms with Crippen LogP contribution in [0.3, 0.4) is 0 Å². The van der Waals surface area contributed by atoms with Gasteiger partial charge in [-0.25, -0.2) is 4.79 Å². The number of hydrogen-bond acceptors (Lipinski definition) is 4. The summed E-state index contributed by atoms with van der Waals surface area (Å²) < 4.78 is 0. The lowest BCUT2D eigenvalue weighted by atomic mass is 9.96. The first-order valence-electron chi connectivity index (χ1n) is 9.65. The van der Waals surface area contributed by atoms with E-state index in [1.54, 1.807) is 0 Å². The maximum atomic E-state index is 12.5. The Labute approximate surface area is 159 Å². The molecule has 3 amide bonds. The fourth-order valence-electron chi connectivity index (χ4n) is 3.67. The summed E-state index contributed by atoms with van der Waals surface area (Å²) in [6, 6.07) is 0.171. The number of carbonyl (C=O) groups excluding carboxylic acids is 2. The van der Waals surface area contributed by atoms with Crippen molar-refractivity contribution in [3.8, 4) is 0 Å². The number of thiophene rings is 1. The van der Waals surface area contributed by atoms with Crippen molar-refractivity contribution in [3.63, 3.8) is 0 Å². The van der Waals surface area contributed by atoms with E-state index >= 15 is 0 Å². The maximum absolute atomic E-state index is 12.5. The number of aryl methyl sites for hydroxylation is 1. The Morgan fingerprint density at radius 1 is 1.15 bits per heavy atom. The van der Waals surface area contributed by atoms with E-state index in [1.807, 2.05) is 30.1 Å². The molecule has 1 fully saturated rings. The molecule has 1 aliphatic heterocycles. The molecule has 3 rings (SSSR count). The van der Waals surface area contributed by atoms with Crippen LogP contribution in [0, 0.1) is 0 Å². The molecule has 2 N–H and O–H groups in total. The van der Waals surface area contributed by atoms with Gasteiger partial charge in [-0.15, -0.1) is 11.3 Å². The van der Waals surface area contributed by atoms with Gasteiger partial charge in [0.15, 0.2) is 0 Å². The van der Waals surface area contributed by atoms with Gasteiger partial charge in [0.1, 0.15) is 0 Å². The molecule has 0 aromatic carbocycles. The molecule has 0 saturated carbocycles. The van der Waals surface area contributed by atoms with Gasteiger partial charge >= 0.3 is 6.03 Å². The Hall–Kier alpha value is -1.60. The summed E-state index contributed by atoms with van der Waals surface area (Å²) in [6.45, 7) is 7.79. The lowest BCUT2D eigenvalue weighted by Gasteiger charge is -2.34. The standard InChI is InChI=1S/C19H30N4O2S/c1-14(2)21-18(24)12-22-7-9-23(10-8-22)19(25)20-11-15-13-26-17-6-4-3-5-16(15)17/h13-14H,3-12H2,1-2H3,(H,20,25)(H,21,24). The zero-order valence-electron chi connectivity index (χ0n) is 15.8. The molecule has 1 aromatic rings. The van der Waals surface area contributed by atoms with Crippen LogP contribution in [0.15, 0.2) is 5.38 Å². The van der Waals surface area contributed by atoms with Crippen LogP contribution in [-0.2, 0) is 24.2 Å². The molecule has 6 nitrogen and oxygen atoms in total. The minimum atomic E-state index is 0.00652. The van der Waals surface area contributed by atoms with E-state index in [1.165, 1.54) is 35.3 Å². The first kappa shape index (κ1) is 19.2. The van der Waals surface area contributed by atoms with Crippen LogP contribution >= 0.6 is 11.3 Å². The van der Waals surface area contributed by atoms with Crippen molar-refractivity contribution in [3.05, 3.63) is 21.4 Å². The molecular weight excluding hydrogens is 348 g/mol. The van der Waals surface area contributed by atoms with E-state index in [4.69, 9.17) is 0 Å². The van der Waals surface area contributed by atoms with Crippen molar-refractivity contribution >= 4 is 23.3 Å². The average Bonchev–Trinajstić information content (AvgIpc) is 3.03. The largest absolute Gasteiger partial charge is 0.353 e. The fourth-order valence-corrected chi connectivity index (χ4v) is 4.82. The molecule has 0 radical (unpaired) electrons. The molecule has 2 aliphatic rings. The third-order valence-electron chi connectivity index (χ3n) is 5.05. The molecule has 26 heavy (non-hydrogen) atoms. The molecule has 0 unspecified atom stereocenters. The monoisotopic (exact) mass is 378 g/mol. The highest BCUT2D eigenvalue weighted by atomic mass is 32.1. The highest BCUT2D eigenvalue weighted by Gasteiger charge is 2.23. The van der Waals surface area contributed by atoms with Crippen molar-refractivity contribution < 1.29 is 9.59 Å². The van der Waals surface area contributed by atoms with Gasteiger partial charge < -0.3 is 15.5 Å². The van der Waals surface area contributed by atoms with Crippen LogP contribution in [0.5, 0.6) is 0 Å². The zero-order valence-corrected chi connectivity index (χ0v) is 16.7. The second-order valence-corrected chi connectivity index (χ2v) is 8.48. The number of nitrogens with one attached hydrogen (secondary N) is 2. The number of rotatable bonds is 5. The third-order valence-corrected chi connectivity index (χ3v) is 6.19. The van der Waals surface area contributed by atoms with Crippen LogP contribution in [0.1, 0.15) is 42.7 Å². The van der Waals surface area contributed by atoms with Crippen molar-refractivity contribution in [2.24, 2.45) is 0 Å². The van der Waals surface area contributed by atoms with Gasteiger partial charge in [0.25, 0.3) is 0 Å². The summed E-state index contributed by atoms with van der Waals surface area (Å²) in [5, 5.41) is 8.20. The van der Waals surface area contributed by atoms with Gasteiger partial charge in [-0.2, -0.15) is 0 Å². The van der Waals surface area contributed by atoms with Crippen molar-refractivity contribution in [1.82, 2.24) is 20.4 Å². The van der Waals surface area contributed by atoms with Crippen LogP contribution < -0.4 is 10.6 Å². The molecule has 2 heterocycles. The minimum Gasteiger partial charge on any atom is -0.353 e. The number of hydrogen-bond donors (Lipinski definition) is 2. The van der Waals surface area contributed by atoms with Crippen molar-refractivity contribution in [2.45, 2.75) is 52.1 Å². The molecule has 0 spiro atoms. The Bertz CT molecular complexity index is 635. The van der Waals surface area contributed by atoms with Gasteiger partial charge in [0, 0.05) is 43.6 Å². The number of piperazine rings is 1. The highest BCUT2D eigenvalue weighted by molar-refractivity contribution is 7.10. The van der Waals surface area contributed by atoms with Crippen molar-refractivity contribution in [1.29, 1.82) is 0 Å². The van der Waals surface area contributed by atoms with Gasteiger partial charge in [-0.3, -0.25) is 9.69 Å². The maximum Gasteiger partial charge on any atom is 0.317 e. The lowest BCUT2D eigenvalue weighted by Crippen LogP contribution is -2.53. The van der Waals surface area contributed by atoms with Crippen LogP contribution in [0.4, 0.5) is 4.79 Å². The average molecular weight is 379 g/mol. The second kappa shape index (κ2) is 8.86. The SMILES string of the molecule is CC(C)NC(=O)CN1CCN(C(=O)NCc2csc3c2CCCC3)CC1. The quantitative estimate of drug-likeness (QED) is 0.823. The number of fused-ring (bicyclic) bond motifs is 1. The van der Waals surface area contributed by atoms with E-state index in [-0.39, 0.29) is 18.0 Å². The Kier molecular flexibility index (Phi) is 6.53. The predicted octanol–water partition coefficient (Wildman–Crippen LogP) is 1.98. The predicted molar refractivity (Wildman–Crippen MR) is 104 cm³/mol. The molecule has 0 bridgehead atoms. The lowest BCUT2D eigenvalue weighted by molar-refractivity contribution is -0.123. The Morgan fingerprint density at radius 3 is 2.62 bits per heavy atom. The van der Waals surface area contributed by atoms with Gasteiger partial charge in [-0.1, -0.05) is 0 Å². The summed E-state index contributed by atoms with van der Waals surface area (Å²) in [5.74, 6) is 0.0557. The topological polar surface area (TPSA) is 64.7 Å². The Morgan fingerprint density at radius 2 is 1.88 bits per heavy atom. The number of amides is 3. The molecule has 1 aliphatic carbocycles. The zero-order chi connectivity index (χ0) is 18.5. The fraction of sp³-hybridized carbons (Fsp3) is 0.684. The summed E-state index contributed by atoms with van der Waals surface area (Å²) in [6.07, 6.45) is 4.90. The summed E-state index contributed by atoms with van der Waals surface area (Å²) >= 11 is 1.84. The summed E-state index contributed by atoms with van der Waals surface area (Å²) in [7, 11) is 0. The Balaban J connectivity index is 1.41. The van der Waals surface area contributed by atoms with Gasteiger partial charge in [0.2, 0.25) is 5.91 Å². The van der Waals surface area contributed by atoms with E-state index < -0.39 is 0 Å². The van der Waals surface area contributed by atoms with E-state index in [0.29, 0.717) is 26.2 Å². The second-order valence-electron chi connectivity index (χ2n) is 7.51. The van der Waals surface area contributed by atoms with E-state index in [2.05, 4.69) is 20.9 Å². The molecule has 1 saturated heterocycles. The molecule has 1 aromatic heterocycles. The molecule has 7 heteroatoms. The molecular formula is C19H30N4O2S. The van der Waals surface area contributed by atoms with Crippen LogP contribution in [0.25, 0.3) is 0 Å². The van der Waals surface area contributed by atoms with E-state index in [0.717, 1.165) is 19.5 Å². The summed E-state index contributed by atoms with van der Waals surface area (Å²) in [4.78, 5) is 29.8. The molecule has 0 atom stereocenters. The number of carbonyl (C=O) groups is 2. The third kappa shape index (κ3) is 4.98. The first-order valence-corrected chi connectivity index (χ1v) is 10.5. The van der Waals surface area contributed by atoms with Gasteiger partial charge in [0.05, 0.1) is 6.54 Å². The normalized spacial score (nSPS) is 17.9. The first-order chi connectivity index (χ1) is 12.5. The van der Waals surface area contributed by atoms with E-state index in [9.17, 15) is 9.59 Å². The van der Waals surface area contributed by atoms with Crippen molar-refractivity contribution in [2.75, 3.05) is 32.7 Å². The number of urea groups is 1. The number of nitrogens with zero attached hydrogens (tertiary/aromatic N) is 2. The van der Waals surface area contributed by atoms with Crippen LogP contribution in [-0.4, -0.2) is 60.5 Å². The summed E-state index contributed by atoms with van der Waals surface area (Å²) in [5.41, 5.74) is 2.77. The van der Waals surface area contributed by atoms with Gasteiger partial charge in [-0.05, 0) is 56.0 Å². The minimum absolute atomic E-state index is 0.00652. The molecule has 144 valence electrons.